The van der Waals surface area contributed by atoms with Crippen molar-refractivity contribution in [1.82, 2.24) is 14.6 Å². The van der Waals surface area contributed by atoms with Gasteiger partial charge in [0.1, 0.15) is 0 Å². The Kier molecular flexibility index (Phi) is 5.24. The number of sulfone groups is 1. The predicted molar refractivity (Wildman–Crippen MR) is 114 cm³/mol. The van der Waals surface area contributed by atoms with Crippen LogP contribution in [0.25, 0.3) is 16.8 Å². The summed E-state index contributed by atoms with van der Waals surface area (Å²) in [7, 11) is -5.31. The Bertz CT molecular complexity index is 1120. The maximum absolute atomic E-state index is 11.8. The van der Waals surface area contributed by atoms with Crippen molar-refractivity contribution in [2.45, 2.75) is 50.7 Å². The van der Waals surface area contributed by atoms with Crippen LogP contribution in [0.5, 0.6) is 0 Å². The fourth-order valence-electron chi connectivity index (χ4n) is 2.58. The van der Waals surface area contributed by atoms with Gasteiger partial charge in [-0.2, -0.15) is 0 Å². The van der Waals surface area contributed by atoms with E-state index in [2.05, 4.69) is 50.0 Å². The summed E-state index contributed by atoms with van der Waals surface area (Å²) in [5.41, 5.74) is 3.59. The molecule has 1 aromatic carbocycles. The molecule has 6 nitrogen and oxygen atoms in total. The van der Waals surface area contributed by atoms with E-state index in [9.17, 15) is 8.42 Å². The number of benzene rings is 1. The van der Waals surface area contributed by atoms with E-state index in [1.807, 2.05) is 30.3 Å². The van der Waals surface area contributed by atoms with Crippen molar-refractivity contribution >= 4 is 23.7 Å². The van der Waals surface area contributed by atoms with Crippen molar-refractivity contribution in [2.75, 3.05) is 6.26 Å². The monoisotopic (exact) mass is 417 g/mol. The Balaban J connectivity index is 1.94. The van der Waals surface area contributed by atoms with Crippen LogP contribution in [0, 0.1) is 0 Å². The molecule has 0 fully saturated rings. The lowest BCUT2D eigenvalue weighted by molar-refractivity contribution is 0.276. The quantitative estimate of drug-likeness (QED) is 0.578. The summed E-state index contributed by atoms with van der Waals surface area (Å²) in [4.78, 5) is 3.95. The zero-order valence-corrected chi connectivity index (χ0v) is 19.0. The summed E-state index contributed by atoms with van der Waals surface area (Å²) >= 11 is 0. The maximum atomic E-state index is 11.8. The Morgan fingerprint density at radius 1 is 1.14 bits per heavy atom. The molecule has 0 amide bonds. The summed E-state index contributed by atoms with van der Waals surface area (Å²) in [6.07, 6.45) is 2.63. The first-order chi connectivity index (χ1) is 12.9. The second kappa shape index (κ2) is 7.09. The van der Waals surface area contributed by atoms with Crippen molar-refractivity contribution in [3.8, 4) is 11.3 Å². The summed E-state index contributed by atoms with van der Waals surface area (Å²) < 4.78 is 31.6. The van der Waals surface area contributed by atoms with Gasteiger partial charge in [-0.15, -0.1) is 5.10 Å². The molecule has 0 saturated heterocycles. The molecule has 2 heterocycles. The highest BCUT2D eigenvalue weighted by atomic mass is 32.2. The molecule has 0 aliphatic rings. The fourth-order valence-corrected chi connectivity index (χ4v) is 4.01. The number of aromatic nitrogens is 3. The average molecular weight is 418 g/mol. The Hall–Kier alpha value is -2.03. The molecule has 0 aliphatic heterocycles. The van der Waals surface area contributed by atoms with E-state index in [1.54, 1.807) is 4.52 Å². The zero-order valence-electron chi connectivity index (χ0n) is 17.2. The lowest BCUT2D eigenvalue weighted by Gasteiger charge is -2.36. The van der Waals surface area contributed by atoms with Gasteiger partial charge in [-0.1, -0.05) is 39.0 Å². The third-order valence-electron chi connectivity index (χ3n) is 5.34. The predicted octanol–water partition coefficient (Wildman–Crippen LogP) is 4.32. The van der Waals surface area contributed by atoms with Gasteiger partial charge in [-0.3, -0.25) is 0 Å². The summed E-state index contributed by atoms with van der Waals surface area (Å²) in [6, 6.07) is 11.9. The number of fused-ring (bicyclic) bond motifs is 1. The molecule has 8 heteroatoms. The normalized spacial score (nSPS) is 13.2. The van der Waals surface area contributed by atoms with Crippen LogP contribution in [0.3, 0.4) is 0 Å². The van der Waals surface area contributed by atoms with Crippen molar-refractivity contribution in [3.63, 3.8) is 0 Å². The minimum atomic E-state index is -3.48. The standard InChI is InChI=1S/C20H27N3O3SSi/c1-20(2,3)28(5,6)26-14-15-8-7-9-16(12-15)18-11-10-17-13-21-19(22-23(17)18)27(4,24)25/h7-13H,14H2,1-6H3. The van der Waals surface area contributed by atoms with E-state index in [0.717, 1.165) is 28.6 Å². The second-order valence-corrected chi connectivity index (χ2v) is 15.3. The lowest BCUT2D eigenvalue weighted by Crippen LogP contribution is -2.40. The van der Waals surface area contributed by atoms with Gasteiger partial charge in [0.2, 0.25) is 9.84 Å². The Morgan fingerprint density at radius 2 is 1.86 bits per heavy atom. The molecule has 0 atom stereocenters. The molecular formula is C20H27N3O3SSi. The van der Waals surface area contributed by atoms with Gasteiger partial charge in [-0.05, 0) is 41.9 Å². The van der Waals surface area contributed by atoms with Crippen LogP contribution in [-0.2, 0) is 20.9 Å². The van der Waals surface area contributed by atoms with E-state index in [4.69, 9.17) is 4.43 Å². The number of hydrogen-bond donors (Lipinski definition) is 0. The van der Waals surface area contributed by atoms with Crippen LogP contribution < -0.4 is 0 Å². The minimum absolute atomic E-state index is 0.154. The minimum Gasteiger partial charge on any atom is -0.413 e. The number of nitrogens with zero attached hydrogens (tertiary/aromatic N) is 3. The topological polar surface area (TPSA) is 73.6 Å². The second-order valence-electron chi connectivity index (χ2n) is 8.62. The van der Waals surface area contributed by atoms with Crippen molar-refractivity contribution < 1.29 is 12.8 Å². The molecule has 0 unspecified atom stereocenters. The first-order valence-electron chi connectivity index (χ1n) is 9.17. The third kappa shape index (κ3) is 4.18. The van der Waals surface area contributed by atoms with E-state index in [1.165, 1.54) is 6.20 Å². The lowest BCUT2D eigenvalue weighted by atomic mass is 10.1. The molecule has 150 valence electrons. The van der Waals surface area contributed by atoms with Crippen molar-refractivity contribution in [3.05, 3.63) is 48.2 Å². The van der Waals surface area contributed by atoms with Gasteiger partial charge in [0, 0.05) is 11.8 Å². The molecule has 3 rings (SSSR count). The number of hydrogen-bond acceptors (Lipinski definition) is 5. The molecule has 0 bridgehead atoms. The first-order valence-corrected chi connectivity index (χ1v) is 14.0. The highest BCUT2D eigenvalue weighted by Crippen LogP contribution is 2.37. The van der Waals surface area contributed by atoms with E-state index >= 15 is 0 Å². The zero-order chi connectivity index (χ0) is 20.7. The largest absolute Gasteiger partial charge is 0.413 e. The molecule has 0 N–H and O–H groups in total. The number of rotatable bonds is 5. The summed E-state index contributed by atoms with van der Waals surface area (Å²) in [5.74, 6) is 0. The summed E-state index contributed by atoms with van der Waals surface area (Å²) in [5, 5.41) is 4.19. The van der Waals surface area contributed by atoms with Crippen molar-refractivity contribution in [1.29, 1.82) is 0 Å². The Labute approximate surface area is 167 Å². The van der Waals surface area contributed by atoms with Crippen LogP contribution in [0.4, 0.5) is 0 Å². The van der Waals surface area contributed by atoms with Crippen LogP contribution in [0.15, 0.2) is 47.8 Å². The first kappa shape index (κ1) is 20.7. The Morgan fingerprint density at radius 3 is 2.50 bits per heavy atom. The van der Waals surface area contributed by atoms with E-state index in [0.29, 0.717) is 6.61 Å². The molecule has 0 saturated carbocycles. The van der Waals surface area contributed by atoms with Gasteiger partial charge >= 0.3 is 0 Å². The molecular weight excluding hydrogens is 390 g/mol. The van der Waals surface area contributed by atoms with Gasteiger partial charge < -0.3 is 4.43 Å². The molecule has 0 spiro atoms. The molecule has 3 aromatic rings. The fraction of sp³-hybridized carbons (Fsp3) is 0.400. The summed E-state index contributed by atoms with van der Waals surface area (Å²) in [6.45, 7) is 11.7. The third-order valence-corrected chi connectivity index (χ3v) is 10.7. The van der Waals surface area contributed by atoms with E-state index < -0.39 is 18.2 Å². The van der Waals surface area contributed by atoms with Crippen LogP contribution in [-0.4, -0.2) is 37.6 Å². The highest BCUT2D eigenvalue weighted by molar-refractivity contribution is 7.90. The van der Waals surface area contributed by atoms with E-state index in [-0.39, 0.29) is 10.2 Å². The van der Waals surface area contributed by atoms with Crippen LogP contribution in [0.2, 0.25) is 18.1 Å². The van der Waals surface area contributed by atoms with Crippen LogP contribution in [0.1, 0.15) is 26.3 Å². The smallest absolute Gasteiger partial charge is 0.265 e. The SMILES string of the molecule is CC(C)(C)[Si](C)(C)OCc1cccc(-c2ccc3cnc(S(C)(=O)=O)nn23)c1. The van der Waals surface area contributed by atoms with Gasteiger partial charge in [-0.25, -0.2) is 17.9 Å². The molecule has 28 heavy (non-hydrogen) atoms. The highest BCUT2D eigenvalue weighted by Gasteiger charge is 2.37. The molecule has 0 radical (unpaired) electrons. The molecule has 2 aromatic heterocycles. The van der Waals surface area contributed by atoms with Crippen LogP contribution >= 0.6 is 0 Å². The van der Waals surface area contributed by atoms with Gasteiger partial charge in [0.15, 0.2) is 8.32 Å². The average Bonchev–Trinajstić information content (AvgIpc) is 3.02. The maximum Gasteiger partial charge on any atom is 0.265 e. The molecule has 0 aliphatic carbocycles. The van der Waals surface area contributed by atoms with Gasteiger partial charge in [0.25, 0.3) is 5.16 Å². The van der Waals surface area contributed by atoms with Crippen molar-refractivity contribution in [2.24, 2.45) is 0 Å². The van der Waals surface area contributed by atoms with Gasteiger partial charge in [0.05, 0.1) is 24.0 Å².